The zero-order chi connectivity index (χ0) is 16.4. The molecule has 1 saturated carbocycles. The van der Waals surface area contributed by atoms with Gasteiger partial charge in [-0.05, 0) is 25.3 Å². The molecule has 5 nitrogen and oxygen atoms in total. The van der Waals surface area contributed by atoms with E-state index in [1.807, 2.05) is 36.1 Å². The molecule has 1 aromatic rings. The molecule has 0 atom stereocenters. The van der Waals surface area contributed by atoms with Crippen LogP contribution >= 0.6 is 0 Å². The maximum absolute atomic E-state index is 12.5. The molecule has 23 heavy (non-hydrogen) atoms. The quantitative estimate of drug-likeness (QED) is 0.842. The number of benzene rings is 1. The largest absolute Gasteiger partial charge is 0.340 e. The summed E-state index contributed by atoms with van der Waals surface area (Å²) in [5, 5.41) is 0. The molecule has 1 amide bonds. The number of aryl methyl sites for hydroxylation is 1. The van der Waals surface area contributed by atoms with Gasteiger partial charge in [-0.3, -0.25) is 4.79 Å². The Morgan fingerprint density at radius 3 is 2.22 bits per heavy atom. The minimum Gasteiger partial charge on any atom is -0.340 e. The van der Waals surface area contributed by atoms with Crippen LogP contribution in [0.25, 0.3) is 0 Å². The number of carbonyl (C=O) groups is 1. The van der Waals surface area contributed by atoms with Crippen molar-refractivity contribution in [1.82, 2.24) is 9.21 Å². The molecule has 2 fully saturated rings. The fourth-order valence-corrected chi connectivity index (χ4v) is 4.60. The van der Waals surface area contributed by atoms with Crippen LogP contribution in [0.2, 0.25) is 0 Å². The second-order valence-electron chi connectivity index (χ2n) is 6.59. The molecule has 1 aromatic carbocycles. The molecule has 1 saturated heterocycles. The minimum absolute atomic E-state index is 0.0316. The Hall–Kier alpha value is -1.40. The van der Waals surface area contributed by atoms with Crippen LogP contribution in [0.4, 0.5) is 0 Å². The van der Waals surface area contributed by atoms with Gasteiger partial charge in [0.2, 0.25) is 15.9 Å². The van der Waals surface area contributed by atoms with Crippen molar-refractivity contribution in [3.63, 3.8) is 0 Å². The summed E-state index contributed by atoms with van der Waals surface area (Å²) >= 11 is 0. The first kappa shape index (κ1) is 16.5. The third-order valence-corrected chi connectivity index (χ3v) is 6.72. The zero-order valence-electron chi connectivity index (χ0n) is 13.6. The van der Waals surface area contributed by atoms with Crippen LogP contribution in [0.3, 0.4) is 0 Å². The van der Waals surface area contributed by atoms with Gasteiger partial charge in [0.1, 0.15) is 0 Å². The van der Waals surface area contributed by atoms with Gasteiger partial charge in [-0.25, -0.2) is 8.42 Å². The molecule has 1 aliphatic carbocycles. The van der Waals surface area contributed by atoms with Crippen molar-refractivity contribution in [1.29, 1.82) is 0 Å². The van der Waals surface area contributed by atoms with E-state index in [-0.39, 0.29) is 17.6 Å². The first-order chi connectivity index (χ1) is 11.0. The van der Waals surface area contributed by atoms with Gasteiger partial charge < -0.3 is 4.90 Å². The van der Waals surface area contributed by atoms with E-state index in [9.17, 15) is 13.2 Å². The Morgan fingerprint density at radius 1 is 1.09 bits per heavy atom. The summed E-state index contributed by atoms with van der Waals surface area (Å²) < 4.78 is 26.6. The highest BCUT2D eigenvalue weighted by atomic mass is 32.2. The van der Waals surface area contributed by atoms with Crippen molar-refractivity contribution in [3.05, 3.63) is 35.4 Å². The van der Waals surface area contributed by atoms with Crippen LogP contribution in [0, 0.1) is 12.8 Å². The summed E-state index contributed by atoms with van der Waals surface area (Å²) in [5.41, 5.74) is 1.93. The molecule has 1 heterocycles. The van der Waals surface area contributed by atoms with E-state index in [0.29, 0.717) is 26.2 Å². The van der Waals surface area contributed by atoms with Crippen LogP contribution in [0.5, 0.6) is 0 Å². The smallest absolute Gasteiger partial charge is 0.225 e. The highest BCUT2D eigenvalue weighted by Gasteiger charge is 2.33. The highest BCUT2D eigenvalue weighted by Crippen LogP contribution is 2.28. The minimum atomic E-state index is -3.31. The zero-order valence-corrected chi connectivity index (χ0v) is 14.4. The number of sulfonamides is 1. The summed E-state index contributed by atoms with van der Waals surface area (Å²) in [5.74, 6) is 0.432. The average Bonchev–Trinajstić information content (AvgIpc) is 2.48. The van der Waals surface area contributed by atoms with Crippen molar-refractivity contribution >= 4 is 15.9 Å². The van der Waals surface area contributed by atoms with E-state index in [1.54, 1.807) is 0 Å². The lowest BCUT2D eigenvalue weighted by atomic mass is 9.84. The van der Waals surface area contributed by atoms with Gasteiger partial charge in [-0.15, -0.1) is 0 Å². The topological polar surface area (TPSA) is 57.7 Å². The van der Waals surface area contributed by atoms with Crippen molar-refractivity contribution in [2.75, 3.05) is 26.2 Å². The molecular formula is C17H24N2O3S. The Bertz CT molecular complexity index is 658. The van der Waals surface area contributed by atoms with Gasteiger partial charge in [-0.2, -0.15) is 4.31 Å². The molecule has 2 aliphatic rings. The molecule has 0 bridgehead atoms. The lowest BCUT2D eigenvalue weighted by molar-refractivity contribution is -0.139. The number of hydrogen-bond donors (Lipinski definition) is 0. The molecule has 0 unspecified atom stereocenters. The molecule has 0 aromatic heterocycles. The Labute approximate surface area is 138 Å². The number of nitrogens with zero attached hydrogens (tertiary/aromatic N) is 2. The maximum Gasteiger partial charge on any atom is 0.225 e. The predicted molar refractivity (Wildman–Crippen MR) is 89.3 cm³/mol. The molecule has 0 radical (unpaired) electrons. The second kappa shape index (κ2) is 6.61. The summed E-state index contributed by atoms with van der Waals surface area (Å²) in [6, 6.07) is 7.59. The first-order valence-electron chi connectivity index (χ1n) is 8.28. The summed E-state index contributed by atoms with van der Waals surface area (Å²) in [6.07, 6.45) is 3.12. The van der Waals surface area contributed by atoms with Crippen molar-refractivity contribution < 1.29 is 13.2 Å². The molecule has 6 heteroatoms. The lowest BCUT2D eigenvalue weighted by Crippen LogP contribution is -2.52. The Morgan fingerprint density at radius 2 is 1.70 bits per heavy atom. The number of piperazine rings is 1. The summed E-state index contributed by atoms with van der Waals surface area (Å²) in [6.45, 7) is 3.83. The van der Waals surface area contributed by atoms with Gasteiger partial charge in [0.25, 0.3) is 0 Å². The van der Waals surface area contributed by atoms with Gasteiger partial charge >= 0.3 is 0 Å². The van der Waals surface area contributed by atoms with E-state index in [0.717, 1.165) is 30.4 Å². The molecule has 3 rings (SSSR count). The summed E-state index contributed by atoms with van der Waals surface area (Å²) in [4.78, 5) is 14.1. The van der Waals surface area contributed by atoms with Crippen LogP contribution in [-0.2, 0) is 20.6 Å². The van der Waals surface area contributed by atoms with E-state index < -0.39 is 10.0 Å². The number of rotatable bonds is 4. The molecular weight excluding hydrogens is 312 g/mol. The van der Waals surface area contributed by atoms with E-state index in [1.165, 1.54) is 4.31 Å². The van der Waals surface area contributed by atoms with Crippen LogP contribution < -0.4 is 0 Å². The van der Waals surface area contributed by atoms with Crippen LogP contribution in [0.1, 0.15) is 30.4 Å². The van der Waals surface area contributed by atoms with Crippen molar-refractivity contribution in [2.24, 2.45) is 5.92 Å². The molecule has 0 spiro atoms. The molecule has 0 N–H and O–H groups in total. The Kier molecular flexibility index (Phi) is 4.73. The SMILES string of the molecule is Cc1ccc(CS(=O)(=O)N2CCN(C(=O)C3CCC3)CC2)cc1. The maximum atomic E-state index is 12.5. The third-order valence-electron chi connectivity index (χ3n) is 4.87. The fourth-order valence-electron chi connectivity index (χ4n) is 3.09. The van der Waals surface area contributed by atoms with Gasteiger partial charge in [-0.1, -0.05) is 36.2 Å². The molecule has 126 valence electrons. The Balaban J connectivity index is 1.57. The third kappa shape index (κ3) is 3.75. The van der Waals surface area contributed by atoms with Gasteiger partial charge in [0.05, 0.1) is 5.75 Å². The summed E-state index contributed by atoms with van der Waals surface area (Å²) in [7, 11) is -3.31. The van der Waals surface area contributed by atoms with E-state index >= 15 is 0 Å². The second-order valence-corrected chi connectivity index (χ2v) is 8.56. The number of hydrogen-bond acceptors (Lipinski definition) is 3. The van der Waals surface area contributed by atoms with Gasteiger partial charge in [0.15, 0.2) is 0 Å². The van der Waals surface area contributed by atoms with Crippen molar-refractivity contribution in [2.45, 2.75) is 31.9 Å². The first-order valence-corrected chi connectivity index (χ1v) is 9.89. The average molecular weight is 336 g/mol. The normalized spacial score (nSPS) is 20.3. The molecule has 1 aliphatic heterocycles. The van der Waals surface area contributed by atoms with E-state index in [2.05, 4.69) is 0 Å². The monoisotopic (exact) mass is 336 g/mol. The fraction of sp³-hybridized carbons (Fsp3) is 0.588. The predicted octanol–water partition coefficient (Wildman–Crippen LogP) is 1.77. The highest BCUT2D eigenvalue weighted by molar-refractivity contribution is 7.88. The standard InChI is InChI=1S/C17H24N2O3S/c1-14-5-7-15(8-6-14)13-23(21,22)19-11-9-18(10-12-19)17(20)16-3-2-4-16/h5-8,16H,2-4,9-13H2,1H3. The van der Waals surface area contributed by atoms with Crippen molar-refractivity contribution in [3.8, 4) is 0 Å². The van der Waals surface area contributed by atoms with Crippen LogP contribution in [-0.4, -0.2) is 49.7 Å². The lowest BCUT2D eigenvalue weighted by Gasteiger charge is -2.37. The number of amides is 1. The number of carbonyl (C=O) groups excluding carboxylic acids is 1. The van der Waals surface area contributed by atoms with Gasteiger partial charge in [0, 0.05) is 32.1 Å². The van der Waals surface area contributed by atoms with Crippen LogP contribution in [0.15, 0.2) is 24.3 Å². The van der Waals surface area contributed by atoms with E-state index in [4.69, 9.17) is 0 Å².